The van der Waals surface area contributed by atoms with Crippen LogP contribution in [0.3, 0.4) is 0 Å². The fourth-order valence-electron chi connectivity index (χ4n) is 3.29. The van der Waals surface area contributed by atoms with Gasteiger partial charge in [0.25, 0.3) is 0 Å². The minimum Gasteiger partial charge on any atom is -0.464 e. The molecule has 0 atom stereocenters. The minimum atomic E-state index is 0.00578. The van der Waals surface area contributed by atoms with Gasteiger partial charge >= 0.3 is 0 Å². The van der Waals surface area contributed by atoms with Crippen LogP contribution in [-0.4, -0.2) is 47.8 Å². The monoisotopic (exact) mass is 342 g/mol. The highest BCUT2D eigenvalue weighted by atomic mass is 16.3. The van der Waals surface area contributed by atoms with E-state index >= 15 is 0 Å². The Labute approximate surface area is 148 Å². The fraction of sp³-hybridized carbons (Fsp3) is 0.500. The Morgan fingerprint density at radius 2 is 1.64 bits per heavy atom. The lowest BCUT2D eigenvalue weighted by Crippen LogP contribution is -2.51. The van der Waals surface area contributed by atoms with Gasteiger partial charge in [-0.2, -0.15) is 0 Å². The van der Waals surface area contributed by atoms with Crippen LogP contribution in [0.4, 0.5) is 0 Å². The average molecular weight is 342 g/mol. The molecule has 0 saturated carbocycles. The predicted octanol–water partition coefficient (Wildman–Crippen LogP) is 2.92. The smallest absolute Gasteiger partial charge is 0.227 e. The second-order valence-electron chi connectivity index (χ2n) is 7.23. The third-order valence-corrected chi connectivity index (χ3v) is 5.05. The zero-order chi connectivity index (χ0) is 18.1. The van der Waals surface area contributed by atoms with Gasteiger partial charge in [-0.05, 0) is 37.1 Å². The Balaban J connectivity index is 1.66. The quantitative estimate of drug-likeness (QED) is 0.862. The molecule has 1 aliphatic rings. The number of hydrogen-bond donors (Lipinski definition) is 0. The van der Waals surface area contributed by atoms with E-state index in [2.05, 4.69) is 19.9 Å². The molecule has 2 heterocycles. The van der Waals surface area contributed by atoms with Gasteiger partial charge in [-0.1, -0.05) is 13.8 Å². The summed E-state index contributed by atoms with van der Waals surface area (Å²) in [7, 11) is 0. The topological polar surface area (TPSA) is 53.8 Å². The van der Waals surface area contributed by atoms with Gasteiger partial charge in [0.05, 0.1) is 12.7 Å². The number of aryl methyl sites for hydroxylation is 2. The molecule has 25 heavy (non-hydrogen) atoms. The van der Waals surface area contributed by atoms with Gasteiger partial charge in [0.2, 0.25) is 11.8 Å². The summed E-state index contributed by atoms with van der Waals surface area (Å²) in [6.45, 7) is 10.4. The summed E-state index contributed by atoms with van der Waals surface area (Å²) in [5.41, 5.74) is 4.15. The predicted molar refractivity (Wildman–Crippen MR) is 97.4 cm³/mol. The molecule has 1 saturated heterocycles. The third-order valence-electron chi connectivity index (χ3n) is 5.05. The number of furan rings is 1. The Bertz CT molecular complexity index is 799. The first-order valence-electron chi connectivity index (χ1n) is 8.90. The second kappa shape index (κ2) is 6.90. The number of carbonyl (C=O) groups excluding carboxylic acids is 2. The minimum absolute atomic E-state index is 0.00578. The molecule has 3 rings (SSSR count). The molecule has 1 aliphatic heterocycles. The van der Waals surface area contributed by atoms with Gasteiger partial charge in [0.15, 0.2) is 0 Å². The third kappa shape index (κ3) is 3.55. The summed E-state index contributed by atoms with van der Waals surface area (Å²) in [4.78, 5) is 28.4. The average Bonchev–Trinajstić information content (AvgIpc) is 2.96. The van der Waals surface area contributed by atoms with Crippen molar-refractivity contribution in [2.75, 3.05) is 26.2 Å². The van der Waals surface area contributed by atoms with Gasteiger partial charge in [-0.25, -0.2) is 0 Å². The summed E-state index contributed by atoms with van der Waals surface area (Å²) in [6.07, 6.45) is 2.04. The lowest BCUT2D eigenvalue weighted by Gasteiger charge is -2.35. The van der Waals surface area contributed by atoms with Crippen LogP contribution < -0.4 is 0 Å². The van der Waals surface area contributed by atoms with Crippen LogP contribution in [0.25, 0.3) is 11.0 Å². The highest BCUT2D eigenvalue weighted by Crippen LogP contribution is 2.25. The molecule has 0 unspecified atom stereocenters. The molecular formula is C20H26N2O3. The molecular weight excluding hydrogens is 316 g/mol. The van der Waals surface area contributed by atoms with Gasteiger partial charge in [-0.3, -0.25) is 9.59 Å². The maximum Gasteiger partial charge on any atom is 0.227 e. The van der Waals surface area contributed by atoms with Crippen LogP contribution >= 0.6 is 0 Å². The zero-order valence-corrected chi connectivity index (χ0v) is 15.5. The van der Waals surface area contributed by atoms with E-state index in [0.29, 0.717) is 32.6 Å². The number of amides is 2. The Morgan fingerprint density at radius 3 is 2.28 bits per heavy atom. The van der Waals surface area contributed by atoms with Crippen molar-refractivity contribution in [1.29, 1.82) is 0 Å². The molecule has 5 nitrogen and oxygen atoms in total. The molecule has 0 N–H and O–H groups in total. The number of rotatable bonds is 3. The maximum absolute atomic E-state index is 12.7. The van der Waals surface area contributed by atoms with Gasteiger partial charge in [0.1, 0.15) is 5.58 Å². The molecule has 0 radical (unpaired) electrons. The van der Waals surface area contributed by atoms with E-state index in [4.69, 9.17) is 4.42 Å². The first kappa shape index (κ1) is 17.5. The lowest BCUT2D eigenvalue weighted by molar-refractivity contribution is -0.141. The van der Waals surface area contributed by atoms with Crippen LogP contribution in [0.5, 0.6) is 0 Å². The summed E-state index contributed by atoms with van der Waals surface area (Å²) >= 11 is 0. The van der Waals surface area contributed by atoms with Crippen molar-refractivity contribution >= 4 is 22.8 Å². The van der Waals surface area contributed by atoms with E-state index in [0.717, 1.165) is 16.5 Å². The summed E-state index contributed by atoms with van der Waals surface area (Å²) in [5, 5.41) is 1.02. The van der Waals surface area contributed by atoms with Crippen molar-refractivity contribution in [3.05, 3.63) is 35.1 Å². The van der Waals surface area contributed by atoms with Crippen molar-refractivity contribution < 1.29 is 14.0 Å². The standard InChI is InChI=1S/C20H26N2O3/c1-13(2)20(24)22-7-5-21(6-8-22)19(23)11-16-12-25-18-10-15(4)14(3)9-17(16)18/h9-10,12-13H,5-8,11H2,1-4H3. The first-order chi connectivity index (χ1) is 11.9. The number of piperazine rings is 1. The maximum atomic E-state index is 12.7. The van der Waals surface area contributed by atoms with E-state index in [1.54, 1.807) is 6.26 Å². The number of benzene rings is 1. The van der Waals surface area contributed by atoms with E-state index in [9.17, 15) is 9.59 Å². The number of nitrogens with zero attached hydrogens (tertiary/aromatic N) is 2. The van der Waals surface area contributed by atoms with E-state index in [1.807, 2.05) is 29.7 Å². The highest BCUT2D eigenvalue weighted by molar-refractivity contribution is 5.88. The number of carbonyl (C=O) groups is 2. The normalized spacial score (nSPS) is 15.2. The molecule has 5 heteroatoms. The zero-order valence-electron chi connectivity index (χ0n) is 15.5. The summed E-state index contributed by atoms with van der Waals surface area (Å²) in [5.74, 6) is 0.266. The molecule has 1 fully saturated rings. The molecule has 0 aliphatic carbocycles. The van der Waals surface area contributed by atoms with Gasteiger partial charge < -0.3 is 14.2 Å². The SMILES string of the molecule is Cc1cc2occ(CC(=O)N3CCN(C(=O)C(C)C)CC3)c2cc1C. The Morgan fingerprint density at radius 1 is 1.04 bits per heavy atom. The van der Waals surface area contributed by atoms with Gasteiger partial charge in [-0.15, -0.1) is 0 Å². The van der Waals surface area contributed by atoms with Crippen LogP contribution in [0.2, 0.25) is 0 Å². The van der Waals surface area contributed by atoms with Crippen LogP contribution in [0, 0.1) is 19.8 Å². The van der Waals surface area contributed by atoms with Crippen molar-refractivity contribution in [3.63, 3.8) is 0 Å². The van der Waals surface area contributed by atoms with Crippen molar-refractivity contribution in [2.24, 2.45) is 5.92 Å². The Kier molecular flexibility index (Phi) is 4.84. The summed E-state index contributed by atoms with van der Waals surface area (Å²) < 4.78 is 5.62. The van der Waals surface area contributed by atoms with E-state index in [-0.39, 0.29) is 17.7 Å². The van der Waals surface area contributed by atoms with Gasteiger partial charge in [0, 0.05) is 43.0 Å². The van der Waals surface area contributed by atoms with Crippen LogP contribution in [0.15, 0.2) is 22.8 Å². The van der Waals surface area contributed by atoms with Crippen molar-refractivity contribution in [3.8, 4) is 0 Å². The Hall–Kier alpha value is -2.30. The summed E-state index contributed by atoms with van der Waals surface area (Å²) in [6, 6.07) is 4.12. The van der Waals surface area contributed by atoms with Crippen LogP contribution in [-0.2, 0) is 16.0 Å². The molecule has 1 aromatic carbocycles. The second-order valence-corrected chi connectivity index (χ2v) is 7.23. The van der Waals surface area contributed by atoms with Crippen molar-refractivity contribution in [2.45, 2.75) is 34.1 Å². The fourth-order valence-corrected chi connectivity index (χ4v) is 3.29. The van der Waals surface area contributed by atoms with E-state index < -0.39 is 0 Å². The highest BCUT2D eigenvalue weighted by Gasteiger charge is 2.25. The largest absolute Gasteiger partial charge is 0.464 e. The first-order valence-corrected chi connectivity index (χ1v) is 8.90. The number of fused-ring (bicyclic) bond motifs is 1. The lowest BCUT2D eigenvalue weighted by atomic mass is 10.0. The molecule has 2 amide bonds. The molecule has 0 bridgehead atoms. The van der Waals surface area contributed by atoms with Crippen molar-refractivity contribution in [1.82, 2.24) is 9.80 Å². The van der Waals surface area contributed by atoms with Crippen LogP contribution in [0.1, 0.15) is 30.5 Å². The number of hydrogen-bond acceptors (Lipinski definition) is 3. The molecule has 134 valence electrons. The molecule has 0 spiro atoms. The molecule has 1 aromatic heterocycles. The molecule has 2 aromatic rings. The van der Waals surface area contributed by atoms with E-state index in [1.165, 1.54) is 11.1 Å².